The Balaban J connectivity index is 1.20. The Bertz CT molecular complexity index is 1010. The molecule has 33 heavy (non-hydrogen) atoms. The third-order valence-corrected chi connectivity index (χ3v) is 7.38. The Labute approximate surface area is 195 Å². The van der Waals surface area contributed by atoms with Gasteiger partial charge in [0.2, 0.25) is 18.6 Å². The lowest BCUT2D eigenvalue weighted by Gasteiger charge is -2.30. The summed E-state index contributed by atoms with van der Waals surface area (Å²) in [4.78, 5) is 27.3. The Morgan fingerprint density at radius 3 is 2.73 bits per heavy atom. The van der Waals surface area contributed by atoms with Crippen LogP contribution in [0.5, 0.6) is 11.5 Å². The molecule has 6 heteroatoms. The summed E-state index contributed by atoms with van der Waals surface area (Å²) >= 11 is 0. The van der Waals surface area contributed by atoms with E-state index in [1.165, 1.54) is 5.56 Å². The standard InChI is InChI=1S/C27H32N2O4/c30-25-10-13-27(28-25,18-20-8-9-23-24(17-20)33-19-32-23)14-11-26(31)29-15-4-7-22(12-16-29)21-5-2-1-3-6-21/h1-3,5-6,8-9,17,22H,4,7,10-16,18-19H2,(H,28,30)/t22-,27-/m0/s1. The van der Waals surface area contributed by atoms with Crippen LogP contribution in [-0.4, -0.2) is 42.1 Å². The Hall–Kier alpha value is -3.02. The Morgan fingerprint density at radius 2 is 1.91 bits per heavy atom. The van der Waals surface area contributed by atoms with Gasteiger partial charge in [0.15, 0.2) is 11.5 Å². The van der Waals surface area contributed by atoms with Gasteiger partial charge < -0.3 is 19.7 Å². The fraction of sp³-hybridized carbons (Fsp3) is 0.481. The number of fused-ring (bicyclic) bond motifs is 1. The molecule has 2 saturated heterocycles. The van der Waals surface area contributed by atoms with E-state index < -0.39 is 0 Å². The number of nitrogens with zero attached hydrogens (tertiary/aromatic N) is 1. The monoisotopic (exact) mass is 448 g/mol. The predicted molar refractivity (Wildman–Crippen MR) is 125 cm³/mol. The van der Waals surface area contributed by atoms with Gasteiger partial charge in [-0.1, -0.05) is 36.4 Å². The summed E-state index contributed by atoms with van der Waals surface area (Å²) in [6, 6.07) is 16.6. The van der Waals surface area contributed by atoms with E-state index in [2.05, 4.69) is 35.6 Å². The van der Waals surface area contributed by atoms with E-state index in [0.717, 1.165) is 55.8 Å². The average molecular weight is 449 g/mol. The SMILES string of the molecule is O=C1CC[C@](CCC(=O)N2CCC[C@H](c3ccccc3)CC2)(Cc2ccc3c(c2)OCO3)N1. The van der Waals surface area contributed by atoms with Gasteiger partial charge in [-0.25, -0.2) is 0 Å². The van der Waals surface area contributed by atoms with Gasteiger partial charge >= 0.3 is 0 Å². The minimum Gasteiger partial charge on any atom is -0.454 e. The number of nitrogens with one attached hydrogen (secondary N) is 1. The zero-order valence-electron chi connectivity index (χ0n) is 19.1. The average Bonchev–Trinajstić information content (AvgIpc) is 3.36. The number of benzene rings is 2. The zero-order chi connectivity index (χ0) is 22.7. The summed E-state index contributed by atoms with van der Waals surface area (Å²) in [5, 5.41) is 3.20. The van der Waals surface area contributed by atoms with Crippen molar-refractivity contribution in [1.82, 2.24) is 10.2 Å². The van der Waals surface area contributed by atoms with Crippen LogP contribution in [0.4, 0.5) is 0 Å². The van der Waals surface area contributed by atoms with Gasteiger partial charge in [-0.2, -0.15) is 0 Å². The molecule has 0 spiro atoms. The van der Waals surface area contributed by atoms with Gasteiger partial charge in [-0.05, 0) is 67.7 Å². The van der Waals surface area contributed by atoms with Crippen LogP contribution in [0.1, 0.15) is 62.0 Å². The van der Waals surface area contributed by atoms with Gasteiger partial charge in [-0.15, -0.1) is 0 Å². The maximum Gasteiger partial charge on any atom is 0.231 e. The molecule has 3 aliphatic heterocycles. The molecule has 2 atom stereocenters. The number of hydrogen-bond acceptors (Lipinski definition) is 4. The second kappa shape index (κ2) is 9.46. The van der Waals surface area contributed by atoms with Crippen LogP contribution in [0.3, 0.4) is 0 Å². The van der Waals surface area contributed by atoms with E-state index in [-0.39, 0.29) is 24.1 Å². The maximum atomic E-state index is 13.2. The van der Waals surface area contributed by atoms with Crippen molar-refractivity contribution < 1.29 is 19.1 Å². The summed E-state index contributed by atoms with van der Waals surface area (Å²) in [6.07, 6.45) is 6.24. The Kier molecular flexibility index (Phi) is 6.25. The third-order valence-electron chi connectivity index (χ3n) is 7.38. The number of hydrogen-bond donors (Lipinski definition) is 1. The van der Waals surface area contributed by atoms with Crippen LogP contribution in [-0.2, 0) is 16.0 Å². The van der Waals surface area contributed by atoms with Gasteiger partial charge in [0.1, 0.15) is 0 Å². The van der Waals surface area contributed by atoms with Crippen LogP contribution in [0.25, 0.3) is 0 Å². The summed E-state index contributed by atoms with van der Waals surface area (Å²) in [7, 11) is 0. The number of carbonyl (C=O) groups is 2. The molecular weight excluding hydrogens is 416 g/mol. The van der Waals surface area contributed by atoms with E-state index in [1.807, 2.05) is 23.1 Å². The van der Waals surface area contributed by atoms with Crippen LogP contribution in [0.15, 0.2) is 48.5 Å². The van der Waals surface area contributed by atoms with Crippen molar-refractivity contribution in [3.63, 3.8) is 0 Å². The molecule has 0 unspecified atom stereocenters. The first kappa shape index (κ1) is 21.8. The largest absolute Gasteiger partial charge is 0.454 e. The van der Waals surface area contributed by atoms with Crippen molar-refractivity contribution in [3.8, 4) is 11.5 Å². The van der Waals surface area contributed by atoms with Gasteiger partial charge in [0, 0.05) is 31.5 Å². The van der Waals surface area contributed by atoms with E-state index in [0.29, 0.717) is 31.6 Å². The topological polar surface area (TPSA) is 67.9 Å². The normalized spacial score (nSPS) is 24.4. The molecule has 2 amide bonds. The first-order valence-corrected chi connectivity index (χ1v) is 12.1. The highest BCUT2D eigenvalue weighted by atomic mass is 16.7. The summed E-state index contributed by atoms with van der Waals surface area (Å²) in [5.74, 6) is 2.31. The molecule has 2 fully saturated rings. The van der Waals surface area contributed by atoms with E-state index in [1.54, 1.807) is 0 Å². The summed E-state index contributed by atoms with van der Waals surface area (Å²) in [6.45, 7) is 1.87. The summed E-state index contributed by atoms with van der Waals surface area (Å²) < 4.78 is 10.9. The number of ether oxygens (including phenoxy) is 2. The van der Waals surface area contributed by atoms with E-state index in [4.69, 9.17) is 9.47 Å². The molecule has 2 aromatic carbocycles. The molecule has 174 valence electrons. The second-order valence-electron chi connectivity index (χ2n) is 9.61. The minimum absolute atomic E-state index is 0.0728. The lowest BCUT2D eigenvalue weighted by Crippen LogP contribution is -2.45. The molecule has 6 nitrogen and oxygen atoms in total. The highest BCUT2D eigenvalue weighted by molar-refractivity contribution is 5.80. The fourth-order valence-corrected chi connectivity index (χ4v) is 5.53. The fourth-order valence-electron chi connectivity index (χ4n) is 5.53. The molecule has 0 aromatic heterocycles. The zero-order valence-corrected chi connectivity index (χ0v) is 19.1. The van der Waals surface area contributed by atoms with Gasteiger partial charge in [0.05, 0.1) is 0 Å². The number of likely N-dealkylation sites (tertiary alicyclic amines) is 1. The van der Waals surface area contributed by atoms with Crippen LogP contribution in [0.2, 0.25) is 0 Å². The molecule has 3 heterocycles. The molecule has 1 N–H and O–H groups in total. The molecule has 0 bridgehead atoms. The van der Waals surface area contributed by atoms with Crippen molar-refractivity contribution in [1.29, 1.82) is 0 Å². The predicted octanol–water partition coefficient (Wildman–Crippen LogP) is 4.18. The quantitative estimate of drug-likeness (QED) is 0.720. The molecule has 5 rings (SSSR count). The minimum atomic E-state index is -0.376. The van der Waals surface area contributed by atoms with Crippen LogP contribution < -0.4 is 14.8 Å². The molecular formula is C27H32N2O4. The number of amides is 2. The van der Waals surface area contributed by atoms with Crippen molar-refractivity contribution in [2.45, 2.75) is 62.8 Å². The maximum absolute atomic E-state index is 13.2. The molecule has 3 aliphatic rings. The first-order valence-electron chi connectivity index (χ1n) is 12.1. The van der Waals surface area contributed by atoms with Gasteiger partial charge in [-0.3, -0.25) is 9.59 Å². The molecule has 0 saturated carbocycles. The van der Waals surface area contributed by atoms with Crippen molar-refractivity contribution >= 4 is 11.8 Å². The van der Waals surface area contributed by atoms with Crippen molar-refractivity contribution in [3.05, 3.63) is 59.7 Å². The second-order valence-corrected chi connectivity index (χ2v) is 9.61. The smallest absolute Gasteiger partial charge is 0.231 e. The Morgan fingerprint density at radius 1 is 1.06 bits per heavy atom. The van der Waals surface area contributed by atoms with E-state index in [9.17, 15) is 9.59 Å². The molecule has 0 aliphatic carbocycles. The molecule has 2 aromatic rings. The first-order chi connectivity index (χ1) is 16.1. The third kappa shape index (κ3) is 5.00. The van der Waals surface area contributed by atoms with Gasteiger partial charge in [0.25, 0.3) is 0 Å². The van der Waals surface area contributed by atoms with Crippen molar-refractivity contribution in [2.24, 2.45) is 0 Å². The van der Waals surface area contributed by atoms with Crippen LogP contribution >= 0.6 is 0 Å². The van der Waals surface area contributed by atoms with Crippen molar-refractivity contribution in [2.75, 3.05) is 19.9 Å². The van der Waals surface area contributed by atoms with E-state index >= 15 is 0 Å². The summed E-state index contributed by atoms with van der Waals surface area (Å²) in [5.41, 5.74) is 2.09. The highest BCUT2D eigenvalue weighted by Crippen LogP contribution is 2.36. The van der Waals surface area contributed by atoms with Crippen LogP contribution in [0, 0.1) is 0 Å². The number of rotatable bonds is 6. The highest BCUT2D eigenvalue weighted by Gasteiger charge is 2.38. The lowest BCUT2D eigenvalue weighted by molar-refractivity contribution is -0.131. The lowest BCUT2D eigenvalue weighted by atomic mass is 9.84. The number of carbonyl (C=O) groups excluding carboxylic acids is 2. The molecule has 0 radical (unpaired) electrons.